The Morgan fingerprint density at radius 1 is 1.18 bits per heavy atom. The van der Waals surface area contributed by atoms with E-state index in [-0.39, 0.29) is 41.7 Å². The zero-order valence-electron chi connectivity index (χ0n) is 18.7. The van der Waals surface area contributed by atoms with Crippen LogP contribution in [0.15, 0.2) is 18.2 Å². The molecule has 0 radical (unpaired) electrons. The van der Waals surface area contributed by atoms with Crippen molar-refractivity contribution in [3.63, 3.8) is 0 Å². The van der Waals surface area contributed by atoms with Gasteiger partial charge in [-0.1, -0.05) is 6.42 Å². The SMILES string of the molecule is O=C1CCC(N2Cc3cc(O[C@@H]4CCCC[C@@H]4NCC45CC(F)(C4)C5)ccc3C2=O)C(O)=[NH+]1. The topological polar surface area (TPSA) is 92.8 Å². The van der Waals surface area contributed by atoms with Crippen LogP contribution in [0.3, 0.4) is 0 Å². The third kappa shape index (κ3) is 3.63. The second-order valence-electron chi connectivity index (χ2n) is 10.8. The summed E-state index contributed by atoms with van der Waals surface area (Å²) in [6.07, 6.45) is 7.21. The maximum atomic E-state index is 13.9. The summed E-state index contributed by atoms with van der Waals surface area (Å²) in [5.41, 5.74) is 0.811. The van der Waals surface area contributed by atoms with E-state index < -0.39 is 11.7 Å². The first-order valence-corrected chi connectivity index (χ1v) is 12.2. The van der Waals surface area contributed by atoms with Crippen molar-refractivity contribution in [3.05, 3.63) is 29.3 Å². The summed E-state index contributed by atoms with van der Waals surface area (Å²) in [5, 5.41) is 13.9. The van der Waals surface area contributed by atoms with E-state index in [1.165, 1.54) is 6.42 Å². The number of rotatable bonds is 6. The monoisotopic (exact) mass is 456 g/mol. The number of halogens is 1. The fourth-order valence-corrected chi connectivity index (χ4v) is 6.68. The molecule has 3 N–H and O–H groups in total. The van der Waals surface area contributed by atoms with Crippen LogP contribution in [0.5, 0.6) is 5.75 Å². The number of nitrogens with zero attached hydrogens (tertiary/aromatic N) is 1. The molecule has 33 heavy (non-hydrogen) atoms. The lowest BCUT2D eigenvalue weighted by molar-refractivity contribution is -0.394. The van der Waals surface area contributed by atoms with Gasteiger partial charge in [-0.25, -0.2) is 9.18 Å². The maximum absolute atomic E-state index is 13.9. The Morgan fingerprint density at radius 3 is 2.73 bits per heavy atom. The summed E-state index contributed by atoms with van der Waals surface area (Å²) in [6.45, 7) is 1.25. The molecule has 1 unspecified atom stereocenters. The van der Waals surface area contributed by atoms with Crippen LogP contribution in [-0.4, -0.2) is 58.1 Å². The predicted molar refractivity (Wildman–Crippen MR) is 118 cm³/mol. The van der Waals surface area contributed by atoms with Crippen molar-refractivity contribution in [2.45, 2.75) is 88.2 Å². The van der Waals surface area contributed by atoms with Crippen molar-refractivity contribution in [3.8, 4) is 5.75 Å². The Balaban J connectivity index is 1.12. The molecule has 3 atom stereocenters. The van der Waals surface area contributed by atoms with Crippen LogP contribution >= 0.6 is 0 Å². The molecule has 1 aromatic carbocycles. The smallest absolute Gasteiger partial charge is 0.388 e. The van der Waals surface area contributed by atoms with Gasteiger partial charge in [-0.2, -0.15) is 0 Å². The molecule has 7 nitrogen and oxygen atoms in total. The number of amides is 2. The standard InChI is InChI=1S/C25H30FN3O4/c26-25-11-24(12-25,13-25)14-27-18-3-1-2-4-20(18)33-16-5-6-17-15(9-16)10-29(23(17)32)19-7-8-21(30)28-22(19)31/h5-6,9,18-20,27H,1-4,7-8,10-14H2,(H,28,30,31)/p+1/t18-,19?,20+,24?,25?/m0/s1. The Kier molecular flexibility index (Phi) is 4.80. The fourth-order valence-electron chi connectivity index (χ4n) is 6.68. The number of carbonyl (C=O) groups is 2. The van der Waals surface area contributed by atoms with Crippen LogP contribution in [0.2, 0.25) is 0 Å². The molecule has 1 aromatic rings. The maximum Gasteiger partial charge on any atom is 0.388 e. The summed E-state index contributed by atoms with van der Waals surface area (Å²) < 4.78 is 20.3. The van der Waals surface area contributed by atoms with Crippen molar-refractivity contribution in [1.29, 1.82) is 0 Å². The van der Waals surface area contributed by atoms with Gasteiger partial charge in [-0.05, 0) is 74.1 Å². The van der Waals surface area contributed by atoms with Crippen molar-refractivity contribution >= 4 is 17.7 Å². The molecule has 0 aromatic heterocycles. The minimum atomic E-state index is -0.863. The van der Waals surface area contributed by atoms with Gasteiger partial charge in [0.15, 0.2) is 6.04 Å². The highest BCUT2D eigenvalue weighted by molar-refractivity contribution is 6.01. The van der Waals surface area contributed by atoms with Gasteiger partial charge in [0.2, 0.25) is 0 Å². The van der Waals surface area contributed by atoms with E-state index >= 15 is 0 Å². The van der Waals surface area contributed by atoms with E-state index in [1.54, 1.807) is 11.0 Å². The molecule has 176 valence electrons. The highest BCUT2D eigenvalue weighted by atomic mass is 19.1. The van der Waals surface area contributed by atoms with Gasteiger partial charge in [0, 0.05) is 24.7 Å². The number of ether oxygens (including phenoxy) is 1. The zero-order chi connectivity index (χ0) is 22.8. The second kappa shape index (κ2) is 7.52. The number of fused-ring (bicyclic) bond motifs is 1. The largest absolute Gasteiger partial charge is 0.489 e. The highest BCUT2D eigenvalue weighted by Crippen LogP contribution is 2.69. The van der Waals surface area contributed by atoms with Crippen molar-refractivity contribution in [1.82, 2.24) is 10.2 Å². The quantitative estimate of drug-likeness (QED) is 0.604. The number of hydrogen-bond acceptors (Lipinski definition) is 4. The fraction of sp³-hybridized carbons (Fsp3) is 0.640. The van der Waals surface area contributed by atoms with Gasteiger partial charge >= 0.3 is 11.8 Å². The van der Waals surface area contributed by atoms with Crippen LogP contribution < -0.4 is 15.0 Å². The van der Waals surface area contributed by atoms with Crippen molar-refractivity contribution < 1.29 is 28.8 Å². The van der Waals surface area contributed by atoms with Crippen molar-refractivity contribution in [2.24, 2.45) is 5.41 Å². The van der Waals surface area contributed by atoms with Crippen molar-refractivity contribution in [2.75, 3.05) is 6.54 Å². The Hall–Kier alpha value is -2.48. The first kappa shape index (κ1) is 21.1. The average Bonchev–Trinajstić information content (AvgIpc) is 3.06. The summed E-state index contributed by atoms with van der Waals surface area (Å²) in [7, 11) is 0. The number of nitrogens with one attached hydrogen (secondary N) is 2. The number of alkyl halides is 1. The third-order valence-corrected chi connectivity index (χ3v) is 8.32. The molecule has 4 saturated carbocycles. The molecular formula is C25H31FN3O4+. The predicted octanol–water partition coefficient (Wildman–Crippen LogP) is 1.54. The van der Waals surface area contributed by atoms with Crippen LogP contribution in [0, 0.1) is 5.41 Å². The number of carbonyl (C=O) groups excluding carboxylic acids is 2. The molecule has 2 aliphatic heterocycles. The molecule has 0 spiro atoms. The lowest BCUT2D eigenvalue weighted by Gasteiger charge is -2.66. The molecule has 6 aliphatic rings. The average molecular weight is 457 g/mol. The Morgan fingerprint density at radius 2 is 1.97 bits per heavy atom. The van der Waals surface area contributed by atoms with Crippen LogP contribution in [-0.2, 0) is 11.3 Å². The number of aliphatic hydroxyl groups is 1. The Bertz CT molecular complexity index is 1020. The molecule has 7 rings (SSSR count). The molecule has 8 heteroatoms. The molecular weight excluding hydrogens is 425 g/mol. The molecule has 2 heterocycles. The third-order valence-electron chi connectivity index (χ3n) is 8.32. The second-order valence-corrected chi connectivity index (χ2v) is 10.8. The van der Waals surface area contributed by atoms with E-state index in [0.717, 1.165) is 37.1 Å². The van der Waals surface area contributed by atoms with E-state index in [9.17, 15) is 19.1 Å². The number of benzene rings is 1. The number of hydrogen-bond donors (Lipinski definition) is 3. The summed E-state index contributed by atoms with van der Waals surface area (Å²) >= 11 is 0. The van der Waals surface area contributed by atoms with Gasteiger partial charge in [-0.15, -0.1) is 4.99 Å². The summed E-state index contributed by atoms with van der Waals surface area (Å²) in [6, 6.07) is 5.35. The normalized spacial score (nSPS) is 37.2. The van der Waals surface area contributed by atoms with Crippen LogP contribution in [0.1, 0.15) is 73.7 Å². The molecule has 0 saturated heterocycles. The minimum Gasteiger partial charge on any atom is -0.489 e. The molecule has 4 aliphatic carbocycles. The van der Waals surface area contributed by atoms with E-state index in [2.05, 4.69) is 10.3 Å². The summed E-state index contributed by atoms with van der Waals surface area (Å²) in [5.74, 6) is 0.242. The van der Waals surface area contributed by atoms with Gasteiger partial charge in [0.1, 0.15) is 17.5 Å². The van der Waals surface area contributed by atoms with Crippen LogP contribution in [0.25, 0.3) is 0 Å². The zero-order valence-corrected chi connectivity index (χ0v) is 18.7. The van der Waals surface area contributed by atoms with Crippen LogP contribution in [0.4, 0.5) is 4.39 Å². The first-order valence-electron chi connectivity index (χ1n) is 12.2. The van der Waals surface area contributed by atoms with Gasteiger partial charge < -0.3 is 20.1 Å². The molecule has 2 amide bonds. The van der Waals surface area contributed by atoms with Gasteiger partial charge in [0.05, 0.1) is 6.42 Å². The number of aliphatic hydroxyl groups excluding tert-OH is 1. The minimum absolute atomic E-state index is 0.0580. The van der Waals surface area contributed by atoms with E-state index in [1.807, 2.05) is 12.1 Å². The first-order chi connectivity index (χ1) is 15.8. The molecule has 4 fully saturated rings. The van der Waals surface area contributed by atoms with Gasteiger partial charge in [-0.3, -0.25) is 4.79 Å². The van der Waals surface area contributed by atoms with E-state index in [0.29, 0.717) is 37.8 Å². The van der Waals surface area contributed by atoms with E-state index in [4.69, 9.17) is 4.74 Å². The summed E-state index contributed by atoms with van der Waals surface area (Å²) in [4.78, 5) is 28.5. The lowest BCUT2D eigenvalue weighted by Crippen LogP contribution is -2.82. The van der Waals surface area contributed by atoms with Gasteiger partial charge in [0.25, 0.3) is 5.91 Å². The molecule has 2 bridgehead atoms. The lowest BCUT2D eigenvalue weighted by atomic mass is 9.42. The Labute approximate surface area is 192 Å². The highest BCUT2D eigenvalue weighted by Gasteiger charge is 2.68.